The van der Waals surface area contributed by atoms with Gasteiger partial charge in [-0.3, -0.25) is 18.9 Å². The number of ether oxygens (including phenoxy) is 1. The second kappa shape index (κ2) is 8.37. The molecule has 14 heteroatoms. The number of aliphatic hydroxyl groups is 2. The number of anilines is 1. The number of fused-ring (bicyclic) bond motifs is 1. The Balaban J connectivity index is 1.74. The Morgan fingerprint density at radius 1 is 1.41 bits per heavy atom. The van der Waals surface area contributed by atoms with E-state index in [1.165, 1.54) is 10.9 Å². The Morgan fingerprint density at radius 2 is 2.16 bits per heavy atom. The second-order valence-electron chi connectivity index (χ2n) is 7.57. The van der Waals surface area contributed by atoms with Gasteiger partial charge in [-0.2, -0.15) is 0 Å². The number of imidazole rings is 1. The first-order valence-electron chi connectivity index (χ1n) is 9.59. The number of aryl methyl sites for hydroxylation is 1. The largest absolute Gasteiger partial charge is 0.756 e. The quantitative estimate of drug-likeness (QED) is 0.200. The van der Waals surface area contributed by atoms with Crippen LogP contribution in [0.4, 0.5) is 5.95 Å². The van der Waals surface area contributed by atoms with Gasteiger partial charge in [-0.05, 0) is 12.5 Å². The highest BCUT2D eigenvalue weighted by molar-refractivity contribution is 7.44. The topological polar surface area (TPSA) is 200 Å². The lowest BCUT2D eigenvalue weighted by Crippen LogP contribution is -2.46. The van der Waals surface area contributed by atoms with Gasteiger partial charge in [0.25, 0.3) is 19.3 Å². The van der Waals surface area contributed by atoms with E-state index in [1.807, 2.05) is 31.2 Å². The van der Waals surface area contributed by atoms with Gasteiger partial charge in [-0.25, -0.2) is 4.57 Å². The van der Waals surface area contributed by atoms with Crippen molar-refractivity contribution < 1.29 is 38.4 Å². The van der Waals surface area contributed by atoms with Gasteiger partial charge in [-0.1, -0.05) is 34.8 Å². The molecule has 1 saturated heterocycles. The number of nitrogens with two attached hydrogens (primary N) is 1. The molecule has 13 nitrogen and oxygen atoms in total. The lowest BCUT2D eigenvalue weighted by atomic mass is 10.1. The van der Waals surface area contributed by atoms with E-state index in [0.717, 1.165) is 11.1 Å². The highest BCUT2D eigenvalue weighted by Gasteiger charge is 2.47. The van der Waals surface area contributed by atoms with Crippen molar-refractivity contribution in [2.45, 2.75) is 38.0 Å². The minimum absolute atomic E-state index is 0.0911. The number of H-pyrrole nitrogens is 1. The SMILES string of the molecule is Cc1cccc(Cn2c[n+]([C@@H]3O[C@H](COP(=O)([O-])O)[C@@H](O)[C@H]3O)c3nc(N)[nH]c(=O)c32)c1. The molecule has 1 aliphatic heterocycles. The van der Waals surface area contributed by atoms with Crippen LogP contribution in [0.5, 0.6) is 0 Å². The number of phosphoric acid groups is 1. The van der Waals surface area contributed by atoms with Gasteiger partial charge in [0.05, 0.1) is 13.2 Å². The summed E-state index contributed by atoms with van der Waals surface area (Å²) in [6.45, 7) is 1.51. The number of aromatic amines is 1. The lowest BCUT2D eigenvalue weighted by molar-refractivity contribution is -0.745. The smallest absolute Gasteiger partial charge is 0.313 e. The molecule has 6 N–H and O–H groups in total. The third kappa shape index (κ3) is 4.45. The average molecular weight is 467 g/mol. The predicted octanol–water partition coefficient (Wildman–Crippen LogP) is -1.95. The molecule has 172 valence electrons. The summed E-state index contributed by atoms with van der Waals surface area (Å²) in [5.74, 6) is -0.162. The van der Waals surface area contributed by atoms with E-state index >= 15 is 0 Å². The van der Waals surface area contributed by atoms with Crippen LogP contribution < -0.4 is 20.8 Å². The molecular weight excluding hydrogens is 445 g/mol. The highest BCUT2D eigenvalue weighted by Crippen LogP contribution is 2.34. The van der Waals surface area contributed by atoms with Crippen LogP contribution in [-0.2, 0) is 20.4 Å². The molecule has 5 atom stereocenters. The van der Waals surface area contributed by atoms with Gasteiger partial charge in [0.15, 0.2) is 6.33 Å². The minimum atomic E-state index is -5.06. The first-order valence-corrected chi connectivity index (χ1v) is 11.1. The third-order valence-corrected chi connectivity index (χ3v) is 5.61. The van der Waals surface area contributed by atoms with Crippen LogP contribution in [0.15, 0.2) is 35.4 Å². The van der Waals surface area contributed by atoms with Gasteiger partial charge in [0, 0.05) is 0 Å². The van der Waals surface area contributed by atoms with Crippen molar-refractivity contribution in [1.82, 2.24) is 14.5 Å². The molecule has 1 aromatic carbocycles. The van der Waals surface area contributed by atoms with Crippen LogP contribution >= 0.6 is 7.82 Å². The van der Waals surface area contributed by atoms with E-state index in [1.54, 1.807) is 4.57 Å². The van der Waals surface area contributed by atoms with Crippen LogP contribution in [-0.4, -0.2) is 54.6 Å². The van der Waals surface area contributed by atoms with Crippen molar-refractivity contribution in [1.29, 1.82) is 0 Å². The first-order chi connectivity index (χ1) is 15.0. The number of aromatic nitrogens is 4. The summed E-state index contributed by atoms with van der Waals surface area (Å²) in [6, 6.07) is 7.65. The van der Waals surface area contributed by atoms with Gasteiger partial charge in [0.1, 0.15) is 18.3 Å². The van der Waals surface area contributed by atoms with Gasteiger partial charge >= 0.3 is 5.65 Å². The van der Waals surface area contributed by atoms with Crippen molar-refractivity contribution >= 4 is 24.9 Å². The van der Waals surface area contributed by atoms with Crippen molar-refractivity contribution in [3.05, 3.63) is 52.1 Å². The number of nitrogens with zero attached hydrogens (tertiary/aromatic N) is 3. The lowest BCUT2D eigenvalue weighted by Gasteiger charge is -2.19. The van der Waals surface area contributed by atoms with Crippen LogP contribution in [0.3, 0.4) is 0 Å². The number of phosphoric ester groups is 1. The van der Waals surface area contributed by atoms with Gasteiger partial charge in [0.2, 0.25) is 11.7 Å². The Morgan fingerprint density at radius 3 is 2.84 bits per heavy atom. The average Bonchev–Trinajstić information content (AvgIpc) is 3.17. The summed E-state index contributed by atoms with van der Waals surface area (Å²) in [5.41, 5.74) is 7.37. The van der Waals surface area contributed by atoms with Crippen LogP contribution in [0, 0.1) is 6.92 Å². The van der Waals surface area contributed by atoms with Crippen LogP contribution in [0.2, 0.25) is 0 Å². The molecule has 0 bridgehead atoms. The predicted molar refractivity (Wildman–Crippen MR) is 107 cm³/mol. The van der Waals surface area contributed by atoms with Crippen molar-refractivity contribution in [3.63, 3.8) is 0 Å². The zero-order valence-electron chi connectivity index (χ0n) is 16.9. The molecule has 32 heavy (non-hydrogen) atoms. The van der Waals surface area contributed by atoms with Crippen LogP contribution in [0.25, 0.3) is 11.2 Å². The number of nitrogens with one attached hydrogen (secondary N) is 1. The molecule has 0 spiro atoms. The molecule has 0 amide bonds. The van der Waals surface area contributed by atoms with E-state index in [4.69, 9.17) is 15.4 Å². The molecule has 3 aromatic rings. The summed E-state index contributed by atoms with van der Waals surface area (Å²) in [4.78, 5) is 38.9. The van der Waals surface area contributed by atoms with Gasteiger partial charge in [-0.15, -0.1) is 0 Å². The molecule has 1 aliphatic rings. The van der Waals surface area contributed by atoms with E-state index in [-0.39, 0.29) is 17.1 Å². The fourth-order valence-corrected chi connectivity index (χ4v) is 4.09. The molecule has 0 saturated carbocycles. The number of rotatable bonds is 6. The Bertz CT molecular complexity index is 1250. The number of nitrogen functional groups attached to an aromatic ring is 1. The first kappa shape index (κ1) is 22.6. The standard InChI is InChI=1S/C18H22N5O8P/c1-9-3-2-4-10(5-9)6-22-8-23(15-12(22)16(26)21-18(19)20-15)17-14(25)13(24)11(31-17)7-30-32(27,28)29/h2-5,8,11,13-14,17,24-25H,6-7H2,1H3,(H4-,19,20,21,26,27,28,29)/t11-,13-,14-,17-/m1/s1. The third-order valence-electron chi connectivity index (χ3n) is 5.14. The minimum Gasteiger partial charge on any atom is -0.756 e. The van der Waals surface area contributed by atoms with E-state index in [2.05, 4.69) is 14.5 Å². The number of benzene rings is 1. The normalized spacial score (nSPS) is 25.3. The molecule has 1 unspecified atom stereocenters. The Labute approximate surface area is 180 Å². The summed E-state index contributed by atoms with van der Waals surface area (Å²) >= 11 is 0. The van der Waals surface area contributed by atoms with Crippen molar-refractivity contribution in [2.24, 2.45) is 0 Å². The maximum absolute atomic E-state index is 12.7. The van der Waals surface area contributed by atoms with Crippen molar-refractivity contribution in [3.8, 4) is 0 Å². The molecule has 0 aliphatic carbocycles. The molecular formula is C18H22N5O8P. The maximum atomic E-state index is 12.7. The molecule has 3 heterocycles. The molecule has 2 aromatic heterocycles. The zero-order chi connectivity index (χ0) is 23.2. The monoisotopic (exact) mass is 467 g/mol. The van der Waals surface area contributed by atoms with Crippen LogP contribution in [0.1, 0.15) is 17.4 Å². The zero-order valence-corrected chi connectivity index (χ0v) is 17.8. The summed E-state index contributed by atoms with van der Waals surface area (Å²) in [6.07, 6.45) is -4.07. The number of hydrogen-bond donors (Lipinski definition) is 5. The molecule has 4 rings (SSSR count). The van der Waals surface area contributed by atoms with E-state index in [0.29, 0.717) is 6.54 Å². The fraction of sp³-hybridized carbons (Fsp3) is 0.389. The Kier molecular flexibility index (Phi) is 5.90. The van der Waals surface area contributed by atoms with Gasteiger partial charge < -0.3 is 35.0 Å². The highest BCUT2D eigenvalue weighted by atomic mass is 31.2. The summed E-state index contributed by atoms with van der Waals surface area (Å²) in [7, 11) is -5.06. The molecule has 1 fully saturated rings. The molecule has 0 radical (unpaired) electrons. The Hall–Kier alpha value is -2.64. The number of hydrogen-bond acceptors (Lipinski definition) is 9. The fourth-order valence-electron chi connectivity index (χ4n) is 3.75. The second-order valence-corrected chi connectivity index (χ2v) is 8.77. The number of aliphatic hydroxyl groups excluding tert-OH is 2. The summed E-state index contributed by atoms with van der Waals surface area (Å²) < 4.78 is 23.7. The summed E-state index contributed by atoms with van der Waals surface area (Å²) in [5, 5.41) is 20.8. The van der Waals surface area contributed by atoms with E-state index in [9.17, 15) is 24.5 Å². The van der Waals surface area contributed by atoms with E-state index < -0.39 is 44.5 Å². The maximum Gasteiger partial charge on any atom is 0.313 e. The van der Waals surface area contributed by atoms with Crippen molar-refractivity contribution in [2.75, 3.05) is 12.3 Å².